The maximum Gasteiger partial charge on any atom is 0.308 e. The van der Waals surface area contributed by atoms with Crippen LogP contribution in [-0.2, 0) is 19.6 Å². The van der Waals surface area contributed by atoms with Gasteiger partial charge in [-0.05, 0) is 12.8 Å². The molecule has 0 spiro atoms. The first kappa shape index (κ1) is 13.4. The monoisotopic (exact) mass is 223 g/mol. The highest BCUT2D eigenvalue weighted by atomic mass is 32.2. The molecular weight excluding hydrogens is 208 g/mol. The molecule has 14 heavy (non-hydrogen) atoms. The van der Waals surface area contributed by atoms with Crippen LogP contribution in [0.4, 0.5) is 0 Å². The Bertz CT molecular complexity index is 269. The largest absolute Gasteiger partial charge is 0.748 e. The molecule has 1 atom stereocenters. The number of hydrogen-bond acceptors (Lipinski definition) is 5. The second-order valence-corrected chi connectivity index (χ2v) is 4.62. The first-order valence-corrected chi connectivity index (χ1v) is 6.04. The van der Waals surface area contributed by atoms with E-state index in [1.54, 1.807) is 6.92 Å². The van der Waals surface area contributed by atoms with Crippen LogP contribution in [0.1, 0.15) is 26.7 Å². The predicted molar refractivity (Wildman–Crippen MR) is 49.6 cm³/mol. The van der Waals surface area contributed by atoms with Gasteiger partial charge in [0.15, 0.2) is 0 Å². The number of ether oxygens (including phenoxy) is 1. The fourth-order valence-corrected chi connectivity index (χ4v) is 1.19. The average molecular weight is 223 g/mol. The van der Waals surface area contributed by atoms with Gasteiger partial charge in [-0.1, -0.05) is 13.8 Å². The van der Waals surface area contributed by atoms with Crippen LogP contribution in [0.25, 0.3) is 0 Å². The van der Waals surface area contributed by atoms with E-state index in [9.17, 15) is 17.8 Å². The van der Waals surface area contributed by atoms with E-state index in [-0.39, 0.29) is 24.9 Å². The van der Waals surface area contributed by atoms with Crippen molar-refractivity contribution < 1.29 is 22.5 Å². The lowest BCUT2D eigenvalue weighted by Gasteiger charge is -2.10. The van der Waals surface area contributed by atoms with Gasteiger partial charge in [0.05, 0.1) is 22.6 Å². The number of hydrogen-bond donors (Lipinski definition) is 0. The van der Waals surface area contributed by atoms with Crippen LogP contribution in [0.3, 0.4) is 0 Å². The van der Waals surface area contributed by atoms with E-state index in [0.717, 1.165) is 0 Å². The summed E-state index contributed by atoms with van der Waals surface area (Å²) in [5.74, 6) is -1.02. The molecule has 0 aromatic rings. The molecule has 0 rings (SSSR count). The quantitative estimate of drug-likeness (QED) is 0.372. The van der Waals surface area contributed by atoms with Gasteiger partial charge in [-0.2, -0.15) is 0 Å². The minimum Gasteiger partial charge on any atom is -0.748 e. The van der Waals surface area contributed by atoms with Crippen molar-refractivity contribution in [2.45, 2.75) is 26.7 Å². The van der Waals surface area contributed by atoms with Gasteiger partial charge >= 0.3 is 5.97 Å². The van der Waals surface area contributed by atoms with E-state index < -0.39 is 15.9 Å². The normalized spacial score (nSPS) is 13.6. The Kier molecular flexibility index (Phi) is 5.71. The van der Waals surface area contributed by atoms with Crippen LogP contribution in [0.5, 0.6) is 0 Å². The van der Waals surface area contributed by atoms with Crippen molar-refractivity contribution in [3.63, 3.8) is 0 Å². The van der Waals surface area contributed by atoms with E-state index in [4.69, 9.17) is 4.74 Å². The minimum atomic E-state index is -4.19. The maximum absolute atomic E-state index is 11.0. The molecule has 0 N–H and O–H groups in total. The van der Waals surface area contributed by atoms with E-state index >= 15 is 0 Å². The molecule has 0 heterocycles. The van der Waals surface area contributed by atoms with Gasteiger partial charge in [0.2, 0.25) is 0 Å². The Morgan fingerprint density at radius 3 is 2.50 bits per heavy atom. The highest BCUT2D eigenvalue weighted by Crippen LogP contribution is 2.03. The van der Waals surface area contributed by atoms with Crippen LogP contribution >= 0.6 is 0 Å². The predicted octanol–water partition coefficient (Wildman–Crippen LogP) is 0.511. The van der Waals surface area contributed by atoms with Gasteiger partial charge in [0, 0.05) is 5.75 Å². The molecule has 0 saturated carbocycles. The third-order valence-electron chi connectivity index (χ3n) is 1.80. The lowest BCUT2D eigenvalue weighted by atomic mass is 10.1. The molecule has 0 aromatic carbocycles. The molecule has 0 fully saturated rings. The van der Waals surface area contributed by atoms with Crippen LogP contribution in [0.15, 0.2) is 0 Å². The smallest absolute Gasteiger partial charge is 0.308 e. The van der Waals surface area contributed by atoms with Crippen molar-refractivity contribution in [2.24, 2.45) is 5.92 Å². The fraction of sp³-hybridized carbons (Fsp3) is 0.875. The summed E-state index contributed by atoms with van der Waals surface area (Å²) in [4.78, 5) is 11.0. The molecule has 0 aliphatic heterocycles. The Labute approximate surface area is 84.2 Å². The summed E-state index contributed by atoms with van der Waals surface area (Å²) in [6.07, 6.45) is 0.743. The number of esters is 1. The Balaban J connectivity index is 3.61. The van der Waals surface area contributed by atoms with Crippen LogP contribution in [-0.4, -0.2) is 31.3 Å². The maximum atomic E-state index is 11.0. The first-order valence-electron chi connectivity index (χ1n) is 4.47. The van der Waals surface area contributed by atoms with Gasteiger partial charge in [0.25, 0.3) is 0 Å². The van der Waals surface area contributed by atoms with E-state index in [1.165, 1.54) is 0 Å². The summed E-state index contributed by atoms with van der Waals surface area (Å²) < 4.78 is 35.3. The van der Waals surface area contributed by atoms with Gasteiger partial charge < -0.3 is 9.29 Å². The zero-order valence-corrected chi connectivity index (χ0v) is 9.17. The third kappa shape index (κ3) is 6.85. The second-order valence-electron chi connectivity index (χ2n) is 3.09. The summed E-state index contributed by atoms with van der Waals surface area (Å²) in [6, 6.07) is 0. The lowest BCUT2D eigenvalue weighted by Crippen LogP contribution is -2.16. The molecular formula is C8H15O5S-. The summed E-state index contributed by atoms with van der Waals surface area (Å²) in [5, 5.41) is 0. The molecule has 84 valence electrons. The van der Waals surface area contributed by atoms with Crippen molar-refractivity contribution in [3.8, 4) is 0 Å². The Morgan fingerprint density at radius 1 is 1.50 bits per heavy atom. The van der Waals surface area contributed by atoms with Crippen molar-refractivity contribution in [1.29, 1.82) is 0 Å². The van der Waals surface area contributed by atoms with Gasteiger partial charge in [-0.15, -0.1) is 0 Å². The molecule has 0 aliphatic rings. The van der Waals surface area contributed by atoms with Crippen LogP contribution < -0.4 is 0 Å². The van der Waals surface area contributed by atoms with Crippen molar-refractivity contribution in [3.05, 3.63) is 0 Å². The number of rotatable bonds is 6. The second kappa shape index (κ2) is 5.98. The molecule has 0 aliphatic carbocycles. The van der Waals surface area contributed by atoms with Gasteiger partial charge in [-0.3, -0.25) is 4.79 Å². The molecule has 0 bridgehead atoms. The zero-order valence-electron chi connectivity index (χ0n) is 8.36. The standard InChI is InChI=1S/C8H16O5S/c1-3-7(2)8(9)13-5-4-6-14(10,11)12/h7H,3-6H2,1-2H3,(H,10,11,12)/p-1. The number of carbonyl (C=O) groups is 1. The molecule has 0 amide bonds. The summed E-state index contributed by atoms with van der Waals surface area (Å²) in [5.41, 5.74) is 0. The highest BCUT2D eigenvalue weighted by Gasteiger charge is 2.11. The molecule has 0 aromatic heterocycles. The minimum absolute atomic E-state index is 0.00928. The van der Waals surface area contributed by atoms with Crippen molar-refractivity contribution >= 4 is 16.1 Å². The first-order chi connectivity index (χ1) is 6.37. The van der Waals surface area contributed by atoms with Gasteiger partial charge in [0.1, 0.15) is 0 Å². The van der Waals surface area contributed by atoms with Crippen LogP contribution in [0.2, 0.25) is 0 Å². The molecule has 5 nitrogen and oxygen atoms in total. The molecule has 0 radical (unpaired) electrons. The van der Waals surface area contributed by atoms with E-state index in [1.807, 2.05) is 6.92 Å². The summed E-state index contributed by atoms with van der Waals surface area (Å²) in [6.45, 7) is 3.57. The zero-order chi connectivity index (χ0) is 11.2. The Hall–Kier alpha value is -0.620. The Morgan fingerprint density at radius 2 is 2.07 bits per heavy atom. The molecule has 6 heteroatoms. The van der Waals surface area contributed by atoms with E-state index in [0.29, 0.717) is 6.42 Å². The fourth-order valence-electron chi connectivity index (χ4n) is 0.717. The van der Waals surface area contributed by atoms with Crippen molar-refractivity contribution in [2.75, 3.05) is 12.4 Å². The SMILES string of the molecule is CCC(C)C(=O)OCCCS(=O)(=O)[O-]. The van der Waals surface area contributed by atoms with Crippen LogP contribution in [0, 0.1) is 5.92 Å². The lowest BCUT2D eigenvalue weighted by molar-refractivity contribution is -0.148. The number of carbonyl (C=O) groups excluding carboxylic acids is 1. The van der Waals surface area contributed by atoms with Gasteiger partial charge in [-0.25, -0.2) is 8.42 Å². The van der Waals surface area contributed by atoms with Crippen molar-refractivity contribution in [1.82, 2.24) is 0 Å². The summed E-state index contributed by atoms with van der Waals surface area (Å²) >= 11 is 0. The van der Waals surface area contributed by atoms with E-state index in [2.05, 4.69) is 0 Å². The molecule has 1 unspecified atom stereocenters. The third-order valence-corrected chi connectivity index (χ3v) is 2.59. The summed E-state index contributed by atoms with van der Waals surface area (Å²) in [7, 11) is -4.19. The highest BCUT2D eigenvalue weighted by molar-refractivity contribution is 7.85. The average Bonchev–Trinajstić information content (AvgIpc) is 2.09. The topological polar surface area (TPSA) is 83.5 Å². The molecule has 0 saturated heterocycles.